The molecule has 0 radical (unpaired) electrons. The van der Waals surface area contributed by atoms with Crippen molar-refractivity contribution in [3.63, 3.8) is 0 Å². The number of methoxy groups -OCH3 is 1. The molecule has 0 aliphatic carbocycles. The van der Waals surface area contributed by atoms with Gasteiger partial charge < -0.3 is 14.6 Å². The summed E-state index contributed by atoms with van der Waals surface area (Å²) in [6, 6.07) is 7.56. The second-order valence-electron chi connectivity index (χ2n) is 7.21. The van der Waals surface area contributed by atoms with Gasteiger partial charge in [-0.05, 0) is 18.6 Å². The van der Waals surface area contributed by atoms with Crippen LogP contribution >= 0.6 is 11.3 Å². The van der Waals surface area contributed by atoms with E-state index in [1.54, 1.807) is 18.7 Å². The van der Waals surface area contributed by atoms with Gasteiger partial charge in [-0.2, -0.15) is 0 Å². The second-order valence-corrected chi connectivity index (χ2v) is 8.06. The molecular formula is C21H22N6O4S. The highest BCUT2D eigenvalue weighted by Gasteiger charge is 2.15. The fraction of sp³-hybridized carbons (Fsp3) is 0.286. The van der Waals surface area contributed by atoms with Gasteiger partial charge in [-0.25, -0.2) is 14.8 Å². The number of nitrogens with one attached hydrogen (secondary N) is 1. The van der Waals surface area contributed by atoms with E-state index in [1.165, 1.54) is 29.3 Å². The van der Waals surface area contributed by atoms with E-state index in [0.29, 0.717) is 35.0 Å². The molecule has 1 aromatic carbocycles. The van der Waals surface area contributed by atoms with E-state index in [4.69, 9.17) is 4.74 Å². The summed E-state index contributed by atoms with van der Waals surface area (Å²) < 4.78 is 9.43. The number of hydrogen-bond donors (Lipinski definition) is 1. The summed E-state index contributed by atoms with van der Waals surface area (Å²) in [6.07, 6.45) is 2.26. The molecule has 0 spiro atoms. The number of aryl methyl sites for hydroxylation is 2. The summed E-state index contributed by atoms with van der Waals surface area (Å²) in [5.74, 6) is 0.544. The summed E-state index contributed by atoms with van der Waals surface area (Å²) in [6.45, 7) is 0.418. The number of para-hydroxylation sites is 1. The fourth-order valence-electron chi connectivity index (χ4n) is 3.47. The highest BCUT2D eigenvalue weighted by atomic mass is 32.1. The molecule has 11 heteroatoms. The zero-order valence-corrected chi connectivity index (χ0v) is 18.7. The average molecular weight is 455 g/mol. The molecule has 166 valence electrons. The number of imidazole rings is 1. The number of ether oxygens (including phenoxy) is 1. The number of aromatic nitrogens is 5. The van der Waals surface area contributed by atoms with Crippen LogP contribution in [0, 0.1) is 0 Å². The molecule has 10 nitrogen and oxygen atoms in total. The predicted octanol–water partition coefficient (Wildman–Crippen LogP) is 1.98. The molecule has 0 aliphatic rings. The van der Waals surface area contributed by atoms with Crippen LogP contribution in [0.1, 0.15) is 12.8 Å². The number of hydrogen-bond acceptors (Lipinski definition) is 7. The molecule has 3 heterocycles. The molecule has 0 saturated carbocycles. The van der Waals surface area contributed by atoms with Crippen LogP contribution in [0.3, 0.4) is 0 Å². The summed E-state index contributed by atoms with van der Waals surface area (Å²) in [5.41, 5.74) is 1.43. The molecular weight excluding hydrogens is 432 g/mol. The first-order chi connectivity index (χ1) is 15.4. The average Bonchev–Trinajstić information content (AvgIpc) is 3.43. The van der Waals surface area contributed by atoms with Crippen LogP contribution in [0.25, 0.3) is 22.4 Å². The summed E-state index contributed by atoms with van der Waals surface area (Å²) in [7, 11) is 4.61. The first-order valence-corrected chi connectivity index (χ1v) is 10.8. The van der Waals surface area contributed by atoms with Crippen molar-refractivity contribution < 1.29 is 9.53 Å². The highest BCUT2D eigenvalue weighted by Crippen LogP contribution is 2.31. The Morgan fingerprint density at radius 3 is 2.75 bits per heavy atom. The lowest BCUT2D eigenvalue weighted by Gasteiger charge is -2.07. The number of thiazole rings is 1. The van der Waals surface area contributed by atoms with E-state index in [1.807, 2.05) is 29.6 Å². The van der Waals surface area contributed by atoms with Gasteiger partial charge in [0.25, 0.3) is 5.56 Å². The van der Waals surface area contributed by atoms with Crippen LogP contribution in [-0.2, 0) is 25.4 Å². The Morgan fingerprint density at radius 2 is 1.97 bits per heavy atom. The summed E-state index contributed by atoms with van der Waals surface area (Å²) in [4.78, 5) is 45.6. The zero-order chi connectivity index (χ0) is 22.8. The number of nitrogens with zero attached hydrogens (tertiary/aromatic N) is 5. The number of anilines is 1. The number of rotatable bonds is 7. The molecule has 3 aromatic heterocycles. The largest absolute Gasteiger partial charge is 0.496 e. The van der Waals surface area contributed by atoms with Gasteiger partial charge in [-0.1, -0.05) is 12.1 Å². The first kappa shape index (κ1) is 21.5. The molecule has 0 bridgehead atoms. The molecule has 4 aromatic rings. The van der Waals surface area contributed by atoms with Crippen LogP contribution < -0.4 is 21.3 Å². The van der Waals surface area contributed by atoms with Crippen molar-refractivity contribution in [2.45, 2.75) is 19.4 Å². The van der Waals surface area contributed by atoms with Crippen LogP contribution in [0.15, 0.2) is 45.6 Å². The van der Waals surface area contributed by atoms with Gasteiger partial charge in [0.05, 0.1) is 19.1 Å². The molecule has 0 unspecified atom stereocenters. The van der Waals surface area contributed by atoms with Crippen molar-refractivity contribution >= 4 is 33.5 Å². The van der Waals surface area contributed by atoms with Gasteiger partial charge in [0.1, 0.15) is 5.75 Å². The first-order valence-electron chi connectivity index (χ1n) is 9.90. The molecule has 0 fully saturated rings. The summed E-state index contributed by atoms with van der Waals surface area (Å²) in [5, 5.41) is 5.19. The van der Waals surface area contributed by atoms with Gasteiger partial charge in [0, 0.05) is 38.0 Å². The molecule has 0 atom stereocenters. The van der Waals surface area contributed by atoms with Crippen molar-refractivity contribution in [2.24, 2.45) is 14.1 Å². The minimum atomic E-state index is -0.428. The SMILES string of the molecule is COc1ccccc1-c1csc(NC(=O)CCCn2cnc3c2c(=O)n(C)c(=O)n3C)n1. The number of carbonyl (C=O) groups excluding carboxylic acids is 1. The van der Waals surface area contributed by atoms with Crippen LogP contribution in [-0.4, -0.2) is 36.7 Å². The molecule has 4 rings (SSSR count). The van der Waals surface area contributed by atoms with Gasteiger partial charge in [-0.15, -0.1) is 11.3 Å². The third-order valence-corrected chi connectivity index (χ3v) is 5.91. The summed E-state index contributed by atoms with van der Waals surface area (Å²) >= 11 is 1.34. The van der Waals surface area contributed by atoms with E-state index in [-0.39, 0.29) is 12.3 Å². The number of fused-ring (bicyclic) bond motifs is 1. The molecule has 1 N–H and O–H groups in total. The van der Waals surface area contributed by atoms with Gasteiger partial charge in [0.2, 0.25) is 5.91 Å². The minimum Gasteiger partial charge on any atom is -0.496 e. The third-order valence-electron chi connectivity index (χ3n) is 5.15. The normalized spacial score (nSPS) is 11.1. The van der Waals surface area contributed by atoms with Crippen molar-refractivity contribution in [3.05, 3.63) is 56.8 Å². The minimum absolute atomic E-state index is 0.171. The lowest BCUT2D eigenvalue weighted by Crippen LogP contribution is -2.37. The number of benzene rings is 1. The van der Waals surface area contributed by atoms with Crippen molar-refractivity contribution in [1.29, 1.82) is 0 Å². The van der Waals surface area contributed by atoms with Crippen molar-refractivity contribution in [2.75, 3.05) is 12.4 Å². The van der Waals surface area contributed by atoms with Gasteiger partial charge in [-0.3, -0.25) is 18.7 Å². The molecule has 32 heavy (non-hydrogen) atoms. The number of carbonyl (C=O) groups is 1. The maximum absolute atomic E-state index is 12.5. The fourth-order valence-corrected chi connectivity index (χ4v) is 4.20. The molecule has 0 saturated heterocycles. The maximum atomic E-state index is 12.5. The Balaban J connectivity index is 1.40. The number of amides is 1. The Labute approximate surface area is 186 Å². The van der Waals surface area contributed by atoms with Crippen molar-refractivity contribution in [3.8, 4) is 17.0 Å². The third kappa shape index (κ3) is 3.94. The van der Waals surface area contributed by atoms with Gasteiger partial charge in [0.15, 0.2) is 16.3 Å². The topological polar surface area (TPSA) is 113 Å². The van der Waals surface area contributed by atoms with Gasteiger partial charge >= 0.3 is 5.69 Å². The molecule has 0 aliphatic heterocycles. The quantitative estimate of drug-likeness (QED) is 0.457. The maximum Gasteiger partial charge on any atom is 0.332 e. The second kappa shape index (κ2) is 8.79. The van der Waals surface area contributed by atoms with Crippen LogP contribution in [0.5, 0.6) is 5.75 Å². The van der Waals surface area contributed by atoms with Crippen LogP contribution in [0.2, 0.25) is 0 Å². The van der Waals surface area contributed by atoms with E-state index in [2.05, 4.69) is 15.3 Å². The van der Waals surface area contributed by atoms with E-state index >= 15 is 0 Å². The van der Waals surface area contributed by atoms with E-state index in [9.17, 15) is 14.4 Å². The Morgan fingerprint density at radius 1 is 1.19 bits per heavy atom. The zero-order valence-electron chi connectivity index (χ0n) is 17.9. The van der Waals surface area contributed by atoms with Crippen LogP contribution in [0.4, 0.5) is 5.13 Å². The lowest BCUT2D eigenvalue weighted by molar-refractivity contribution is -0.116. The van der Waals surface area contributed by atoms with Crippen molar-refractivity contribution in [1.82, 2.24) is 23.7 Å². The highest BCUT2D eigenvalue weighted by molar-refractivity contribution is 7.14. The lowest BCUT2D eigenvalue weighted by atomic mass is 10.1. The standard InChI is InChI=1S/C21H22N6O4S/c1-25-18-17(19(29)26(2)21(25)30)27(12-22-18)10-6-9-16(28)24-20-23-14(11-32-20)13-7-4-5-8-15(13)31-3/h4-5,7-8,11-12H,6,9-10H2,1-3H3,(H,23,24,28). The van der Waals surface area contributed by atoms with E-state index < -0.39 is 11.2 Å². The Hall–Kier alpha value is -3.73. The Kier molecular flexibility index (Phi) is 5.91. The smallest absolute Gasteiger partial charge is 0.332 e. The predicted molar refractivity (Wildman–Crippen MR) is 122 cm³/mol. The monoisotopic (exact) mass is 454 g/mol. The Bertz CT molecular complexity index is 1410. The molecule has 1 amide bonds. The van der Waals surface area contributed by atoms with E-state index in [0.717, 1.165) is 15.8 Å².